The van der Waals surface area contributed by atoms with Crippen LogP contribution in [0.3, 0.4) is 0 Å². The Kier molecular flexibility index (Phi) is 5.26. The molecule has 0 aliphatic carbocycles. The molecule has 0 amide bonds. The highest BCUT2D eigenvalue weighted by molar-refractivity contribution is 9.10. The lowest BCUT2D eigenvalue weighted by Crippen LogP contribution is -2.03. The fourth-order valence-corrected chi connectivity index (χ4v) is 2.54. The standard InChI is InChI=1S/C17H19BrO3/c1-11-4-6-15(12(2)19)17(8-11)21-10-13-9-14(18)5-7-16(13)20-3/h4-9,12,19H,10H2,1-3H3/t12-/m0/s1. The van der Waals surface area contributed by atoms with Crippen molar-refractivity contribution in [3.05, 3.63) is 57.6 Å². The molecule has 0 aromatic heterocycles. The average Bonchev–Trinajstić information content (AvgIpc) is 2.45. The Balaban J connectivity index is 2.24. The van der Waals surface area contributed by atoms with Crippen LogP contribution in [0.1, 0.15) is 29.7 Å². The minimum absolute atomic E-state index is 0.381. The van der Waals surface area contributed by atoms with Crippen molar-refractivity contribution >= 4 is 15.9 Å². The highest BCUT2D eigenvalue weighted by Crippen LogP contribution is 2.29. The van der Waals surface area contributed by atoms with Gasteiger partial charge in [-0.15, -0.1) is 0 Å². The molecule has 1 N–H and O–H groups in total. The molecule has 0 heterocycles. The number of hydrogen-bond donors (Lipinski definition) is 1. The minimum Gasteiger partial charge on any atom is -0.496 e. The van der Waals surface area contributed by atoms with Gasteiger partial charge in [0.1, 0.15) is 18.1 Å². The molecule has 0 saturated heterocycles. The lowest BCUT2D eigenvalue weighted by molar-refractivity contribution is 0.190. The summed E-state index contributed by atoms with van der Waals surface area (Å²) in [6.45, 7) is 4.11. The van der Waals surface area contributed by atoms with Crippen LogP contribution in [0.5, 0.6) is 11.5 Å². The van der Waals surface area contributed by atoms with E-state index in [9.17, 15) is 5.11 Å². The molecular formula is C17H19BrO3. The van der Waals surface area contributed by atoms with Gasteiger partial charge in [0, 0.05) is 15.6 Å². The Labute approximate surface area is 133 Å². The smallest absolute Gasteiger partial charge is 0.125 e. The Morgan fingerprint density at radius 2 is 1.90 bits per heavy atom. The Morgan fingerprint density at radius 1 is 1.14 bits per heavy atom. The van der Waals surface area contributed by atoms with Crippen LogP contribution >= 0.6 is 15.9 Å². The summed E-state index contributed by atoms with van der Waals surface area (Å²) in [7, 11) is 1.64. The van der Waals surface area contributed by atoms with Gasteiger partial charge in [-0.3, -0.25) is 0 Å². The van der Waals surface area contributed by atoms with Crippen LogP contribution in [0, 0.1) is 6.92 Å². The number of ether oxygens (including phenoxy) is 2. The van der Waals surface area contributed by atoms with E-state index in [1.807, 2.05) is 43.3 Å². The summed E-state index contributed by atoms with van der Waals surface area (Å²) in [4.78, 5) is 0. The highest BCUT2D eigenvalue weighted by Gasteiger charge is 2.11. The molecule has 0 fully saturated rings. The van der Waals surface area contributed by atoms with Crippen molar-refractivity contribution in [1.29, 1.82) is 0 Å². The van der Waals surface area contributed by atoms with Crippen LogP contribution in [-0.4, -0.2) is 12.2 Å². The van der Waals surface area contributed by atoms with Crippen LogP contribution in [0.25, 0.3) is 0 Å². The molecule has 1 atom stereocenters. The Hall–Kier alpha value is -1.52. The van der Waals surface area contributed by atoms with E-state index in [0.717, 1.165) is 26.9 Å². The van der Waals surface area contributed by atoms with Gasteiger partial charge in [-0.05, 0) is 43.7 Å². The molecule has 2 aromatic carbocycles. The number of halogens is 1. The van der Waals surface area contributed by atoms with Crippen LogP contribution in [-0.2, 0) is 6.61 Å². The molecule has 2 rings (SSSR count). The number of aliphatic hydroxyl groups excluding tert-OH is 1. The zero-order chi connectivity index (χ0) is 15.4. The maximum atomic E-state index is 9.83. The van der Waals surface area contributed by atoms with Gasteiger partial charge in [0.25, 0.3) is 0 Å². The van der Waals surface area contributed by atoms with Crippen molar-refractivity contribution in [2.24, 2.45) is 0 Å². The number of hydrogen-bond acceptors (Lipinski definition) is 3. The number of rotatable bonds is 5. The normalized spacial score (nSPS) is 12.0. The van der Waals surface area contributed by atoms with E-state index in [4.69, 9.17) is 9.47 Å². The summed E-state index contributed by atoms with van der Waals surface area (Å²) in [5, 5.41) is 9.83. The van der Waals surface area contributed by atoms with E-state index in [-0.39, 0.29) is 0 Å². The number of benzene rings is 2. The van der Waals surface area contributed by atoms with Gasteiger partial charge in [-0.1, -0.05) is 28.1 Å². The SMILES string of the molecule is COc1ccc(Br)cc1COc1cc(C)ccc1[C@H](C)O. The van der Waals surface area contributed by atoms with Crippen LogP contribution in [0.2, 0.25) is 0 Å². The fraction of sp³-hybridized carbons (Fsp3) is 0.294. The zero-order valence-corrected chi connectivity index (χ0v) is 14.0. The van der Waals surface area contributed by atoms with Gasteiger partial charge in [-0.2, -0.15) is 0 Å². The second kappa shape index (κ2) is 6.96. The van der Waals surface area contributed by atoms with Crippen molar-refractivity contribution in [2.75, 3.05) is 7.11 Å². The van der Waals surface area contributed by atoms with E-state index in [1.54, 1.807) is 14.0 Å². The third-order valence-corrected chi connectivity index (χ3v) is 3.74. The molecule has 21 heavy (non-hydrogen) atoms. The molecule has 2 aromatic rings. The van der Waals surface area contributed by atoms with Crippen molar-refractivity contribution in [1.82, 2.24) is 0 Å². The second-order valence-corrected chi connectivity index (χ2v) is 5.88. The van der Waals surface area contributed by atoms with E-state index in [1.165, 1.54) is 0 Å². The molecule has 3 nitrogen and oxygen atoms in total. The van der Waals surface area contributed by atoms with E-state index < -0.39 is 6.10 Å². The van der Waals surface area contributed by atoms with Crippen molar-refractivity contribution < 1.29 is 14.6 Å². The summed E-state index contributed by atoms with van der Waals surface area (Å²) < 4.78 is 12.2. The average molecular weight is 351 g/mol. The topological polar surface area (TPSA) is 38.7 Å². The van der Waals surface area contributed by atoms with Gasteiger partial charge >= 0.3 is 0 Å². The number of aryl methyl sites for hydroxylation is 1. The molecule has 0 unspecified atom stereocenters. The first-order chi connectivity index (χ1) is 10.0. The van der Waals surface area contributed by atoms with E-state index in [0.29, 0.717) is 12.4 Å². The maximum Gasteiger partial charge on any atom is 0.125 e. The molecule has 0 saturated carbocycles. The number of aliphatic hydroxyl groups is 1. The lowest BCUT2D eigenvalue weighted by Gasteiger charge is -2.15. The summed E-state index contributed by atoms with van der Waals surface area (Å²) in [5.74, 6) is 1.48. The second-order valence-electron chi connectivity index (χ2n) is 4.96. The molecular weight excluding hydrogens is 332 g/mol. The summed E-state index contributed by atoms with van der Waals surface area (Å²) >= 11 is 3.45. The van der Waals surface area contributed by atoms with Crippen molar-refractivity contribution in [3.63, 3.8) is 0 Å². The van der Waals surface area contributed by atoms with E-state index in [2.05, 4.69) is 15.9 Å². The van der Waals surface area contributed by atoms with Gasteiger partial charge < -0.3 is 14.6 Å². The van der Waals surface area contributed by atoms with Gasteiger partial charge in [-0.25, -0.2) is 0 Å². The minimum atomic E-state index is -0.565. The third kappa shape index (κ3) is 3.99. The Bertz CT molecular complexity index is 623. The first kappa shape index (κ1) is 15.9. The number of methoxy groups -OCH3 is 1. The maximum absolute atomic E-state index is 9.83. The largest absolute Gasteiger partial charge is 0.496 e. The first-order valence-electron chi connectivity index (χ1n) is 6.75. The molecule has 0 bridgehead atoms. The van der Waals surface area contributed by atoms with Crippen molar-refractivity contribution in [3.8, 4) is 11.5 Å². The van der Waals surface area contributed by atoms with Crippen molar-refractivity contribution in [2.45, 2.75) is 26.6 Å². The van der Waals surface area contributed by atoms with Gasteiger partial charge in [0.2, 0.25) is 0 Å². The predicted molar refractivity (Wildman–Crippen MR) is 86.8 cm³/mol. The van der Waals surface area contributed by atoms with Gasteiger partial charge in [0.05, 0.1) is 13.2 Å². The van der Waals surface area contributed by atoms with Crippen LogP contribution in [0.15, 0.2) is 40.9 Å². The molecule has 112 valence electrons. The molecule has 0 aliphatic rings. The third-order valence-electron chi connectivity index (χ3n) is 3.24. The monoisotopic (exact) mass is 350 g/mol. The molecule has 4 heteroatoms. The zero-order valence-electron chi connectivity index (χ0n) is 12.4. The lowest BCUT2D eigenvalue weighted by atomic mass is 10.1. The van der Waals surface area contributed by atoms with Crippen LogP contribution in [0.4, 0.5) is 0 Å². The molecule has 0 spiro atoms. The quantitative estimate of drug-likeness (QED) is 0.868. The van der Waals surface area contributed by atoms with Crippen LogP contribution < -0.4 is 9.47 Å². The summed E-state index contributed by atoms with van der Waals surface area (Å²) in [6, 6.07) is 11.6. The Morgan fingerprint density at radius 3 is 2.57 bits per heavy atom. The van der Waals surface area contributed by atoms with Gasteiger partial charge in [0.15, 0.2) is 0 Å². The van der Waals surface area contributed by atoms with E-state index >= 15 is 0 Å². The fourth-order valence-electron chi connectivity index (χ4n) is 2.13. The summed E-state index contributed by atoms with van der Waals surface area (Å²) in [5.41, 5.74) is 2.83. The highest BCUT2D eigenvalue weighted by atomic mass is 79.9. The predicted octanol–water partition coefficient (Wildman–Crippen LogP) is 4.40. The summed E-state index contributed by atoms with van der Waals surface area (Å²) in [6.07, 6.45) is -0.565. The first-order valence-corrected chi connectivity index (χ1v) is 7.54. The molecule has 0 aliphatic heterocycles. The molecule has 0 radical (unpaired) electrons.